The molecule has 188 valence electrons. The molecular formula is C24H31N5O4S2. The van der Waals surface area contributed by atoms with Crippen LogP contribution in [0.4, 0.5) is 16.5 Å². The van der Waals surface area contributed by atoms with Crippen molar-refractivity contribution in [1.29, 1.82) is 0 Å². The summed E-state index contributed by atoms with van der Waals surface area (Å²) in [6.45, 7) is 3.91. The largest absolute Gasteiger partial charge is 0.497 e. The topological polar surface area (TPSA) is 95.1 Å². The quantitative estimate of drug-likeness (QED) is 0.513. The fraction of sp³-hybridized carbons (Fsp3) is 0.333. The molecule has 3 heterocycles. The van der Waals surface area contributed by atoms with E-state index in [0.29, 0.717) is 17.4 Å². The fourth-order valence-corrected chi connectivity index (χ4v) is 6.40. The highest BCUT2D eigenvalue weighted by atomic mass is 32.2. The van der Waals surface area contributed by atoms with E-state index in [9.17, 15) is 13.2 Å². The zero-order valence-corrected chi connectivity index (χ0v) is 21.0. The first-order valence-corrected chi connectivity index (χ1v) is 13.8. The number of hydrogen-bond acceptors (Lipinski definition) is 8. The molecule has 2 fully saturated rings. The molecule has 2 aromatic carbocycles. The lowest BCUT2D eigenvalue weighted by Crippen LogP contribution is -2.52. The average molecular weight is 518 g/mol. The summed E-state index contributed by atoms with van der Waals surface area (Å²) in [4.78, 5) is 23.7. The summed E-state index contributed by atoms with van der Waals surface area (Å²) in [5.74, 6) is 0.903. The van der Waals surface area contributed by atoms with E-state index in [4.69, 9.17) is 4.74 Å². The Balaban J connectivity index is 0.00000190. The van der Waals surface area contributed by atoms with Gasteiger partial charge in [0.05, 0.1) is 18.0 Å². The van der Waals surface area contributed by atoms with Crippen molar-refractivity contribution < 1.29 is 20.8 Å². The third kappa shape index (κ3) is 4.97. The predicted octanol–water partition coefficient (Wildman–Crippen LogP) is 3.37. The van der Waals surface area contributed by atoms with Crippen molar-refractivity contribution in [1.82, 2.24) is 9.88 Å². The van der Waals surface area contributed by atoms with Gasteiger partial charge in [-0.1, -0.05) is 6.07 Å². The number of ether oxygens (including phenoxy) is 1. The Hall–Kier alpha value is -3.15. The van der Waals surface area contributed by atoms with Crippen molar-refractivity contribution in [3.8, 4) is 5.75 Å². The van der Waals surface area contributed by atoms with Crippen molar-refractivity contribution in [2.45, 2.75) is 17.4 Å². The summed E-state index contributed by atoms with van der Waals surface area (Å²) in [6, 6.07) is 14.3. The lowest BCUT2D eigenvalue weighted by Gasteiger charge is -2.38. The van der Waals surface area contributed by atoms with E-state index >= 15 is 0 Å². The minimum atomic E-state index is -3.72. The Morgan fingerprint density at radius 1 is 1.06 bits per heavy atom. The maximum absolute atomic E-state index is 13.3. The molecule has 0 saturated carbocycles. The molecule has 0 aliphatic carbocycles. The number of anilines is 3. The molecule has 1 aromatic heterocycles. The SMILES string of the molecule is COc1cccc(N2CCN([C@H]3CCN(c4ccc(S(=O)(=O)Nc5nccs5)cc4)C3=O)CC2)c1.[HH].[HH]. The van der Waals surface area contributed by atoms with E-state index in [2.05, 4.69) is 25.6 Å². The number of amides is 1. The van der Waals surface area contributed by atoms with E-state index in [1.165, 1.54) is 23.5 Å². The monoisotopic (exact) mass is 517 g/mol. The third-order valence-electron chi connectivity index (χ3n) is 6.46. The molecule has 2 aliphatic rings. The van der Waals surface area contributed by atoms with Gasteiger partial charge in [0, 0.05) is 64.6 Å². The minimum Gasteiger partial charge on any atom is -0.497 e. The first-order chi connectivity index (χ1) is 16.9. The van der Waals surface area contributed by atoms with Gasteiger partial charge in [-0.15, -0.1) is 11.3 Å². The molecule has 0 unspecified atom stereocenters. The van der Waals surface area contributed by atoms with Gasteiger partial charge in [-0.05, 0) is 42.8 Å². The summed E-state index contributed by atoms with van der Waals surface area (Å²) in [7, 11) is -2.06. The Morgan fingerprint density at radius 2 is 1.83 bits per heavy atom. The van der Waals surface area contributed by atoms with Gasteiger partial charge < -0.3 is 14.5 Å². The van der Waals surface area contributed by atoms with Crippen molar-refractivity contribution in [2.75, 3.05) is 54.4 Å². The first kappa shape index (κ1) is 23.6. The smallest absolute Gasteiger partial charge is 0.263 e. The van der Waals surface area contributed by atoms with E-state index in [1.807, 2.05) is 18.2 Å². The average Bonchev–Trinajstić information content (AvgIpc) is 3.53. The molecule has 0 bridgehead atoms. The second-order valence-electron chi connectivity index (χ2n) is 8.46. The van der Waals surface area contributed by atoms with Crippen molar-refractivity contribution in [3.63, 3.8) is 0 Å². The number of nitrogens with zero attached hydrogens (tertiary/aromatic N) is 4. The van der Waals surface area contributed by atoms with Gasteiger partial charge >= 0.3 is 0 Å². The number of thiazole rings is 1. The number of piperazine rings is 1. The molecule has 3 aromatic rings. The second kappa shape index (κ2) is 9.84. The lowest BCUT2D eigenvalue weighted by molar-refractivity contribution is -0.121. The molecular weight excluding hydrogens is 486 g/mol. The molecule has 5 rings (SSSR count). The number of sulfonamides is 1. The molecule has 1 amide bonds. The highest BCUT2D eigenvalue weighted by molar-refractivity contribution is 7.93. The van der Waals surface area contributed by atoms with Crippen molar-refractivity contribution in [2.24, 2.45) is 0 Å². The summed E-state index contributed by atoms with van der Waals surface area (Å²) in [6.07, 6.45) is 2.29. The van der Waals surface area contributed by atoms with Crippen LogP contribution in [-0.4, -0.2) is 70.1 Å². The van der Waals surface area contributed by atoms with Crippen molar-refractivity contribution in [3.05, 3.63) is 60.1 Å². The molecule has 1 N–H and O–H groups in total. The van der Waals surface area contributed by atoms with Gasteiger partial charge in [-0.25, -0.2) is 13.4 Å². The normalized spacial score (nSPS) is 19.2. The number of rotatable bonds is 7. The summed E-state index contributed by atoms with van der Waals surface area (Å²) in [5, 5.41) is 2.02. The van der Waals surface area contributed by atoms with Gasteiger partial charge in [0.2, 0.25) is 5.91 Å². The molecule has 9 nitrogen and oxygen atoms in total. The van der Waals surface area contributed by atoms with Crippen LogP contribution in [0.15, 0.2) is 65.0 Å². The number of aromatic nitrogens is 1. The molecule has 0 spiro atoms. The maximum atomic E-state index is 13.3. The van der Waals surface area contributed by atoms with Crippen LogP contribution in [0, 0.1) is 0 Å². The Labute approximate surface area is 212 Å². The molecule has 1 atom stereocenters. The van der Waals surface area contributed by atoms with Crippen LogP contribution in [0.25, 0.3) is 0 Å². The second-order valence-corrected chi connectivity index (χ2v) is 11.0. The predicted molar refractivity (Wildman–Crippen MR) is 141 cm³/mol. The number of benzene rings is 2. The Morgan fingerprint density at radius 3 is 2.51 bits per heavy atom. The molecule has 2 saturated heterocycles. The molecule has 11 heteroatoms. The van der Waals surface area contributed by atoms with Gasteiger partial charge in [0.1, 0.15) is 5.75 Å². The Kier molecular flexibility index (Phi) is 6.63. The van der Waals surface area contributed by atoms with Gasteiger partial charge in [0.15, 0.2) is 5.13 Å². The van der Waals surface area contributed by atoms with E-state index in [0.717, 1.165) is 44.0 Å². The highest BCUT2D eigenvalue weighted by Gasteiger charge is 2.38. The van der Waals surface area contributed by atoms with Crippen LogP contribution in [-0.2, 0) is 14.8 Å². The van der Waals surface area contributed by atoms with E-state index < -0.39 is 10.0 Å². The van der Waals surface area contributed by atoms with E-state index in [-0.39, 0.29) is 19.7 Å². The van der Waals surface area contributed by atoms with Crippen LogP contribution in [0.1, 0.15) is 9.27 Å². The summed E-state index contributed by atoms with van der Waals surface area (Å²) >= 11 is 1.21. The molecule has 0 radical (unpaired) electrons. The van der Waals surface area contributed by atoms with Crippen LogP contribution in [0.3, 0.4) is 0 Å². The maximum Gasteiger partial charge on any atom is 0.263 e. The van der Waals surface area contributed by atoms with Gasteiger partial charge in [-0.2, -0.15) is 0 Å². The fourth-order valence-electron chi connectivity index (χ4n) is 4.61. The molecule has 35 heavy (non-hydrogen) atoms. The number of nitrogens with one attached hydrogen (secondary N) is 1. The lowest BCUT2D eigenvalue weighted by atomic mass is 10.1. The van der Waals surface area contributed by atoms with Crippen LogP contribution in [0.5, 0.6) is 5.75 Å². The van der Waals surface area contributed by atoms with E-state index in [1.54, 1.807) is 35.7 Å². The number of hydrogen-bond donors (Lipinski definition) is 1. The number of methoxy groups -OCH3 is 1. The van der Waals surface area contributed by atoms with Crippen LogP contribution < -0.4 is 19.3 Å². The zero-order chi connectivity index (χ0) is 24.4. The molecule has 2 aliphatic heterocycles. The number of carbonyl (C=O) groups excluding carboxylic acids is 1. The van der Waals surface area contributed by atoms with Gasteiger partial charge in [-0.3, -0.25) is 14.4 Å². The van der Waals surface area contributed by atoms with Crippen LogP contribution in [0.2, 0.25) is 0 Å². The summed E-state index contributed by atoms with van der Waals surface area (Å²) < 4.78 is 33.0. The number of carbonyl (C=O) groups is 1. The summed E-state index contributed by atoms with van der Waals surface area (Å²) in [5.41, 5.74) is 1.84. The van der Waals surface area contributed by atoms with Crippen molar-refractivity contribution >= 4 is 43.8 Å². The first-order valence-electron chi connectivity index (χ1n) is 11.4. The van der Waals surface area contributed by atoms with Crippen LogP contribution >= 0.6 is 11.3 Å². The third-order valence-corrected chi connectivity index (χ3v) is 8.64. The highest BCUT2D eigenvalue weighted by Crippen LogP contribution is 2.28. The zero-order valence-electron chi connectivity index (χ0n) is 19.3. The standard InChI is InChI=1S/C24H27N5O4S2.2H2/c1-33-20-4-2-3-19(17-20)27-12-14-28(15-13-27)22-9-11-29(23(22)30)18-5-7-21(8-6-18)35(31,32)26-24-25-10-16-34-24;;/h2-8,10,16-17,22H,9,11-15H2,1H3,(H,25,26);2*1H/t22-;;/m0../s1. The minimum absolute atomic E-state index is 0. The van der Waals surface area contributed by atoms with Gasteiger partial charge in [0.25, 0.3) is 10.0 Å². The Bertz CT molecular complexity index is 1280.